The summed E-state index contributed by atoms with van der Waals surface area (Å²) in [5, 5.41) is 14.4. The minimum absolute atomic E-state index is 0.124. The van der Waals surface area contributed by atoms with Crippen molar-refractivity contribution in [2.45, 2.75) is 24.2 Å². The summed E-state index contributed by atoms with van der Waals surface area (Å²) in [6.45, 7) is 2.14. The molecule has 0 amide bonds. The first kappa shape index (κ1) is 17.1. The Hall–Kier alpha value is -1.22. The van der Waals surface area contributed by atoms with Crippen LogP contribution in [0.1, 0.15) is 19.3 Å². The molecule has 1 unspecified atom stereocenters. The molecule has 22 heavy (non-hydrogen) atoms. The van der Waals surface area contributed by atoms with Gasteiger partial charge in [-0.05, 0) is 50.4 Å². The molecule has 9 heteroatoms. The van der Waals surface area contributed by atoms with Crippen LogP contribution in [0.5, 0.6) is 0 Å². The van der Waals surface area contributed by atoms with E-state index in [2.05, 4.69) is 10.0 Å². The molecule has 0 aliphatic carbocycles. The standard InChI is InChI=1S/C13H18ClN3O4S/c14-11-3-4-13(12(8-11)17(18)19)22(20,21)16-7-5-10-2-1-6-15-9-10/h3-4,8,10,15-16H,1-2,5-7,9H2. The van der Waals surface area contributed by atoms with E-state index in [9.17, 15) is 18.5 Å². The molecular weight excluding hydrogens is 330 g/mol. The van der Waals surface area contributed by atoms with Crippen LogP contribution in [-0.4, -0.2) is 33.0 Å². The number of hydrogen-bond donors (Lipinski definition) is 2. The number of rotatable bonds is 6. The SMILES string of the molecule is O=[N+]([O-])c1cc(Cl)ccc1S(=O)(=O)NCCC1CCCNC1. The number of sulfonamides is 1. The summed E-state index contributed by atoms with van der Waals surface area (Å²) in [6.07, 6.45) is 2.85. The van der Waals surface area contributed by atoms with Gasteiger partial charge >= 0.3 is 0 Å². The van der Waals surface area contributed by atoms with Crippen molar-refractivity contribution in [1.29, 1.82) is 0 Å². The van der Waals surface area contributed by atoms with E-state index < -0.39 is 20.6 Å². The van der Waals surface area contributed by atoms with Crippen molar-refractivity contribution in [3.63, 3.8) is 0 Å². The molecular formula is C13H18ClN3O4S. The average molecular weight is 348 g/mol. The van der Waals surface area contributed by atoms with Crippen LogP contribution in [-0.2, 0) is 10.0 Å². The number of halogens is 1. The van der Waals surface area contributed by atoms with E-state index in [-0.39, 0.29) is 16.5 Å². The monoisotopic (exact) mass is 347 g/mol. The van der Waals surface area contributed by atoms with E-state index in [1.807, 2.05) is 0 Å². The van der Waals surface area contributed by atoms with Gasteiger partial charge in [0.1, 0.15) is 0 Å². The molecule has 0 saturated carbocycles. The van der Waals surface area contributed by atoms with E-state index >= 15 is 0 Å². The number of benzene rings is 1. The lowest BCUT2D eigenvalue weighted by Gasteiger charge is -2.22. The van der Waals surface area contributed by atoms with Gasteiger partial charge in [-0.2, -0.15) is 0 Å². The van der Waals surface area contributed by atoms with Crippen molar-refractivity contribution >= 4 is 27.3 Å². The van der Waals surface area contributed by atoms with Gasteiger partial charge in [-0.15, -0.1) is 0 Å². The Kier molecular flexibility index (Phi) is 5.74. The minimum Gasteiger partial charge on any atom is -0.316 e. The van der Waals surface area contributed by atoms with Crippen LogP contribution in [0.15, 0.2) is 23.1 Å². The van der Waals surface area contributed by atoms with Gasteiger partial charge < -0.3 is 5.32 Å². The van der Waals surface area contributed by atoms with Crippen LogP contribution >= 0.6 is 11.6 Å². The fraction of sp³-hybridized carbons (Fsp3) is 0.538. The highest BCUT2D eigenvalue weighted by Gasteiger charge is 2.26. The Morgan fingerprint density at radius 2 is 2.23 bits per heavy atom. The van der Waals surface area contributed by atoms with Gasteiger partial charge in [-0.1, -0.05) is 11.6 Å². The molecule has 7 nitrogen and oxygen atoms in total. The van der Waals surface area contributed by atoms with Gasteiger partial charge in [0.15, 0.2) is 4.90 Å². The third kappa shape index (κ3) is 4.39. The summed E-state index contributed by atoms with van der Waals surface area (Å²) < 4.78 is 26.9. The van der Waals surface area contributed by atoms with Gasteiger partial charge in [0.05, 0.1) is 4.92 Å². The lowest BCUT2D eigenvalue weighted by atomic mass is 9.96. The first-order chi connectivity index (χ1) is 10.4. The first-order valence-electron chi connectivity index (χ1n) is 7.04. The van der Waals surface area contributed by atoms with Crippen molar-refractivity contribution in [2.24, 2.45) is 5.92 Å². The molecule has 1 atom stereocenters. The third-order valence-electron chi connectivity index (χ3n) is 3.65. The van der Waals surface area contributed by atoms with Crippen molar-refractivity contribution in [1.82, 2.24) is 10.0 Å². The Balaban J connectivity index is 2.05. The maximum absolute atomic E-state index is 12.2. The molecule has 0 bridgehead atoms. The maximum atomic E-state index is 12.2. The zero-order valence-corrected chi connectivity index (χ0v) is 13.5. The fourth-order valence-corrected chi connectivity index (χ4v) is 3.87. The van der Waals surface area contributed by atoms with E-state index in [4.69, 9.17) is 11.6 Å². The largest absolute Gasteiger partial charge is 0.316 e. The predicted molar refractivity (Wildman–Crippen MR) is 83.5 cm³/mol. The van der Waals surface area contributed by atoms with Crippen LogP contribution in [0, 0.1) is 16.0 Å². The lowest BCUT2D eigenvalue weighted by molar-refractivity contribution is -0.387. The molecule has 122 valence electrons. The Morgan fingerprint density at radius 3 is 2.86 bits per heavy atom. The Labute approximate surface area is 134 Å². The highest BCUT2D eigenvalue weighted by molar-refractivity contribution is 7.89. The van der Waals surface area contributed by atoms with Crippen molar-refractivity contribution in [2.75, 3.05) is 19.6 Å². The number of nitrogens with zero attached hydrogens (tertiary/aromatic N) is 1. The molecule has 1 aromatic rings. The molecule has 1 aromatic carbocycles. The van der Waals surface area contributed by atoms with E-state index in [1.54, 1.807) is 0 Å². The van der Waals surface area contributed by atoms with E-state index in [0.29, 0.717) is 12.3 Å². The molecule has 0 spiro atoms. The minimum atomic E-state index is -3.92. The predicted octanol–water partition coefficient (Wildman–Crippen LogP) is 1.92. The van der Waals surface area contributed by atoms with E-state index in [0.717, 1.165) is 38.1 Å². The second-order valence-corrected chi connectivity index (χ2v) is 7.44. The zero-order valence-electron chi connectivity index (χ0n) is 11.9. The first-order valence-corrected chi connectivity index (χ1v) is 8.90. The smallest absolute Gasteiger partial charge is 0.290 e. The van der Waals surface area contributed by atoms with Crippen molar-refractivity contribution < 1.29 is 13.3 Å². The van der Waals surface area contributed by atoms with Gasteiger partial charge in [-0.25, -0.2) is 13.1 Å². The average Bonchev–Trinajstić information content (AvgIpc) is 2.47. The van der Waals surface area contributed by atoms with Crippen LogP contribution in [0.2, 0.25) is 5.02 Å². The van der Waals surface area contributed by atoms with Crippen molar-refractivity contribution in [3.8, 4) is 0 Å². The summed E-state index contributed by atoms with van der Waals surface area (Å²) in [4.78, 5) is 9.89. The summed E-state index contributed by atoms with van der Waals surface area (Å²) >= 11 is 5.69. The van der Waals surface area contributed by atoms with Crippen LogP contribution in [0.25, 0.3) is 0 Å². The lowest BCUT2D eigenvalue weighted by Crippen LogP contribution is -2.33. The Bertz CT molecular complexity index is 645. The second-order valence-electron chi connectivity index (χ2n) is 5.27. The second kappa shape index (κ2) is 7.36. The van der Waals surface area contributed by atoms with Gasteiger partial charge in [-0.3, -0.25) is 10.1 Å². The zero-order chi connectivity index (χ0) is 16.2. The molecule has 1 saturated heterocycles. The van der Waals surface area contributed by atoms with Gasteiger partial charge in [0, 0.05) is 17.6 Å². The van der Waals surface area contributed by atoms with Crippen LogP contribution in [0.3, 0.4) is 0 Å². The van der Waals surface area contributed by atoms with Crippen LogP contribution in [0.4, 0.5) is 5.69 Å². The number of nitro benzene ring substituents is 1. The summed E-state index contributed by atoms with van der Waals surface area (Å²) in [5.41, 5.74) is -0.515. The summed E-state index contributed by atoms with van der Waals surface area (Å²) in [5.74, 6) is 0.427. The molecule has 2 rings (SSSR count). The molecule has 2 N–H and O–H groups in total. The molecule has 1 aliphatic heterocycles. The normalized spacial score (nSPS) is 19.0. The molecule has 1 aliphatic rings. The number of piperidine rings is 1. The molecule has 1 fully saturated rings. The third-order valence-corrected chi connectivity index (χ3v) is 5.39. The molecule has 0 aromatic heterocycles. The highest BCUT2D eigenvalue weighted by Crippen LogP contribution is 2.27. The summed E-state index contributed by atoms with van der Waals surface area (Å²) in [7, 11) is -3.92. The maximum Gasteiger partial charge on any atom is 0.290 e. The Morgan fingerprint density at radius 1 is 1.45 bits per heavy atom. The highest BCUT2D eigenvalue weighted by atomic mass is 35.5. The van der Waals surface area contributed by atoms with Gasteiger partial charge in [0.2, 0.25) is 10.0 Å². The van der Waals surface area contributed by atoms with Gasteiger partial charge in [0.25, 0.3) is 5.69 Å². The van der Waals surface area contributed by atoms with Crippen molar-refractivity contribution in [3.05, 3.63) is 33.3 Å². The topological polar surface area (TPSA) is 101 Å². The molecule has 0 radical (unpaired) electrons. The number of nitrogens with one attached hydrogen (secondary N) is 2. The van der Waals surface area contributed by atoms with Crippen LogP contribution < -0.4 is 10.0 Å². The number of nitro groups is 1. The number of hydrogen-bond acceptors (Lipinski definition) is 5. The summed E-state index contributed by atoms with van der Waals surface area (Å²) in [6, 6.07) is 3.53. The fourth-order valence-electron chi connectivity index (χ4n) is 2.51. The molecule has 1 heterocycles. The quantitative estimate of drug-likeness (QED) is 0.604. The van der Waals surface area contributed by atoms with E-state index in [1.165, 1.54) is 6.07 Å².